The van der Waals surface area contributed by atoms with E-state index in [2.05, 4.69) is 22.3 Å². The van der Waals surface area contributed by atoms with Crippen LogP contribution in [0.5, 0.6) is 5.75 Å². The second-order valence-electron chi connectivity index (χ2n) is 7.59. The molecule has 152 valence electrons. The number of anilines is 1. The van der Waals surface area contributed by atoms with Gasteiger partial charge < -0.3 is 19.9 Å². The van der Waals surface area contributed by atoms with Gasteiger partial charge in [-0.1, -0.05) is 42.5 Å². The van der Waals surface area contributed by atoms with Crippen LogP contribution in [-0.2, 0) is 9.59 Å². The van der Waals surface area contributed by atoms with Gasteiger partial charge in [-0.2, -0.15) is 0 Å². The number of nitrogens with one attached hydrogen (secondary N) is 1. The third kappa shape index (κ3) is 4.77. The predicted octanol–water partition coefficient (Wildman–Crippen LogP) is 2.76. The van der Waals surface area contributed by atoms with Gasteiger partial charge >= 0.3 is 0 Å². The summed E-state index contributed by atoms with van der Waals surface area (Å²) in [5, 5.41) is 3.19. The lowest BCUT2D eigenvalue weighted by Crippen LogP contribution is -2.42. The smallest absolute Gasteiger partial charge is 0.265 e. The standard InChI is InChI=1S/C23H27N3O3/c27-22(12-15-26-20-10-4-5-11-21(20)29-17-23(26)28)24-19(16-25-13-6-7-14-25)18-8-2-1-3-9-18/h1-5,8-11,19H,6-7,12-17H2,(H,24,27). The zero-order chi connectivity index (χ0) is 20.1. The topological polar surface area (TPSA) is 61.9 Å². The fourth-order valence-electron chi connectivity index (χ4n) is 4.02. The lowest BCUT2D eigenvalue weighted by Gasteiger charge is -2.29. The molecule has 6 nitrogen and oxygen atoms in total. The molecule has 2 aliphatic rings. The summed E-state index contributed by atoms with van der Waals surface area (Å²) in [4.78, 5) is 29.1. The minimum atomic E-state index is -0.117. The number of nitrogens with zero attached hydrogens (tertiary/aromatic N) is 2. The molecule has 2 aromatic rings. The molecule has 0 bridgehead atoms. The van der Waals surface area contributed by atoms with Crippen LogP contribution >= 0.6 is 0 Å². The maximum Gasteiger partial charge on any atom is 0.265 e. The Hall–Kier alpha value is -2.86. The zero-order valence-corrected chi connectivity index (χ0v) is 16.5. The second-order valence-corrected chi connectivity index (χ2v) is 7.59. The molecule has 29 heavy (non-hydrogen) atoms. The Morgan fingerprint density at radius 1 is 1.03 bits per heavy atom. The third-order valence-electron chi connectivity index (χ3n) is 5.55. The van der Waals surface area contributed by atoms with E-state index >= 15 is 0 Å². The van der Waals surface area contributed by atoms with Crippen molar-refractivity contribution in [3.63, 3.8) is 0 Å². The number of carbonyl (C=O) groups is 2. The first-order chi connectivity index (χ1) is 14.2. The van der Waals surface area contributed by atoms with Crippen molar-refractivity contribution in [3.8, 4) is 5.75 Å². The molecule has 0 aliphatic carbocycles. The molecule has 2 amide bonds. The van der Waals surface area contributed by atoms with Crippen molar-refractivity contribution >= 4 is 17.5 Å². The number of hydrogen-bond acceptors (Lipinski definition) is 4. The predicted molar refractivity (Wildman–Crippen MR) is 112 cm³/mol. The summed E-state index contributed by atoms with van der Waals surface area (Å²) in [5.41, 5.74) is 1.84. The Labute approximate surface area is 171 Å². The van der Waals surface area contributed by atoms with Gasteiger partial charge in [0.25, 0.3) is 5.91 Å². The molecule has 1 fully saturated rings. The number of hydrogen-bond donors (Lipinski definition) is 1. The van der Waals surface area contributed by atoms with E-state index in [1.807, 2.05) is 42.5 Å². The number of rotatable bonds is 7. The molecule has 1 saturated heterocycles. The summed E-state index contributed by atoms with van der Waals surface area (Å²) in [6.45, 7) is 3.34. The molecule has 2 aromatic carbocycles. The number of amides is 2. The maximum atomic E-state index is 12.8. The third-order valence-corrected chi connectivity index (χ3v) is 5.55. The van der Waals surface area contributed by atoms with Gasteiger partial charge in [-0.15, -0.1) is 0 Å². The molecule has 1 atom stereocenters. The lowest BCUT2D eigenvalue weighted by atomic mass is 10.1. The fourth-order valence-corrected chi connectivity index (χ4v) is 4.02. The highest BCUT2D eigenvalue weighted by Crippen LogP contribution is 2.31. The first-order valence-corrected chi connectivity index (χ1v) is 10.3. The van der Waals surface area contributed by atoms with Crippen molar-refractivity contribution in [1.29, 1.82) is 0 Å². The summed E-state index contributed by atoms with van der Waals surface area (Å²) >= 11 is 0. The molecular formula is C23H27N3O3. The summed E-state index contributed by atoms with van der Waals surface area (Å²) in [6.07, 6.45) is 2.69. The van der Waals surface area contributed by atoms with Crippen LogP contribution in [-0.4, -0.2) is 49.5 Å². The van der Waals surface area contributed by atoms with E-state index in [0.717, 1.165) is 30.9 Å². The Morgan fingerprint density at radius 2 is 1.76 bits per heavy atom. The van der Waals surface area contributed by atoms with Crippen molar-refractivity contribution in [3.05, 3.63) is 60.2 Å². The highest BCUT2D eigenvalue weighted by molar-refractivity contribution is 5.98. The Balaban J connectivity index is 1.40. The summed E-state index contributed by atoms with van der Waals surface area (Å²) in [5.74, 6) is 0.520. The quantitative estimate of drug-likeness (QED) is 0.786. The van der Waals surface area contributed by atoms with Gasteiger partial charge in [-0.3, -0.25) is 9.59 Å². The molecule has 1 N–H and O–H groups in total. The molecule has 6 heteroatoms. The monoisotopic (exact) mass is 393 g/mol. The van der Waals surface area contributed by atoms with E-state index in [4.69, 9.17) is 4.74 Å². The maximum absolute atomic E-state index is 12.8. The second kappa shape index (κ2) is 9.09. The highest BCUT2D eigenvalue weighted by atomic mass is 16.5. The number of likely N-dealkylation sites (tertiary alicyclic amines) is 1. The zero-order valence-electron chi connectivity index (χ0n) is 16.5. The average molecular weight is 393 g/mol. The SMILES string of the molecule is O=C(CCN1C(=O)COc2ccccc21)NC(CN1CCCC1)c1ccccc1. The first kappa shape index (κ1) is 19.5. The number of carbonyl (C=O) groups excluding carboxylic acids is 2. The lowest BCUT2D eigenvalue weighted by molar-refractivity contribution is -0.122. The van der Waals surface area contributed by atoms with Crippen molar-refractivity contribution in [1.82, 2.24) is 10.2 Å². The normalized spacial score (nSPS) is 17.5. The molecule has 0 aromatic heterocycles. The van der Waals surface area contributed by atoms with Crippen LogP contribution in [0.1, 0.15) is 30.9 Å². The van der Waals surface area contributed by atoms with Gasteiger partial charge in [0.05, 0.1) is 11.7 Å². The molecular weight excluding hydrogens is 366 g/mol. The van der Waals surface area contributed by atoms with Crippen LogP contribution in [0.15, 0.2) is 54.6 Å². The summed E-state index contributed by atoms with van der Waals surface area (Å²) < 4.78 is 5.47. The first-order valence-electron chi connectivity index (χ1n) is 10.3. The van der Waals surface area contributed by atoms with Crippen LogP contribution in [0.3, 0.4) is 0 Å². The Kier molecular flexibility index (Phi) is 6.10. The number of ether oxygens (including phenoxy) is 1. The van der Waals surface area contributed by atoms with E-state index < -0.39 is 0 Å². The molecule has 0 spiro atoms. The largest absolute Gasteiger partial charge is 0.482 e. The number of benzene rings is 2. The van der Waals surface area contributed by atoms with Crippen LogP contribution in [0.2, 0.25) is 0 Å². The van der Waals surface area contributed by atoms with Crippen molar-refractivity contribution in [2.75, 3.05) is 37.7 Å². The van der Waals surface area contributed by atoms with Crippen molar-refractivity contribution in [2.24, 2.45) is 0 Å². The van der Waals surface area contributed by atoms with E-state index in [-0.39, 0.29) is 30.9 Å². The molecule has 2 aliphatic heterocycles. The average Bonchev–Trinajstić information content (AvgIpc) is 3.26. The molecule has 0 saturated carbocycles. The van der Waals surface area contributed by atoms with Gasteiger partial charge in [0.1, 0.15) is 5.75 Å². The van der Waals surface area contributed by atoms with Gasteiger partial charge in [-0.25, -0.2) is 0 Å². The van der Waals surface area contributed by atoms with Crippen LogP contribution in [0.25, 0.3) is 0 Å². The van der Waals surface area contributed by atoms with Crippen LogP contribution in [0.4, 0.5) is 5.69 Å². The molecule has 2 heterocycles. The minimum absolute atomic E-state index is 0.0141. The van der Waals surface area contributed by atoms with Gasteiger partial charge in [0.15, 0.2) is 6.61 Å². The number of fused-ring (bicyclic) bond motifs is 1. The number of para-hydroxylation sites is 2. The molecule has 0 radical (unpaired) electrons. The Morgan fingerprint density at radius 3 is 2.55 bits per heavy atom. The van der Waals surface area contributed by atoms with E-state index in [1.165, 1.54) is 12.8 Å². The summed E-state index contributed by atoms with van der Waals surface area (Å²) in [7, 11) is 0. The fraction of sp³-hybridized carbons (Fsp3) is 0.391. The molecule has 1 unspecified atom stereocenters. The van der Waals surface area contributed by atoms with Gasteiger partial charge in [0, 0.05) is 19.5 Å². The van der Waals surface area contributed by atoms with Crippen molar-refractivity contribution < 1.29 is 14.3 Å². The Bertz CT molecular complexity index is 849. The minimum Gasteiger partial charge on any atom is -0.482 e. The van der Waals surface area contributed by atoms with Gasteiger partial charge in [-0.05, 0) is 43.6 Å². The highest BCUT2D eigenvalue weighted by Gasteiger charge is 2.26. The van der Waals surface area contributed by atoms with Gasteiger partial charge in [0.2, 0.25) is 5.91 Å². The van der Waals surface area contributed by atoms with E-state index in [0.29, 0.717) is 12.3 Å². The van der Waals surface area contributed by atoms with Crippen LogP contribution < -0.4 is 15.0 Å². The van der Waals surface area contributed by atoms with Crippen molar-refractivity contribution in [2.45, 2.75) is 25.3 Å². The molecule has 4 rings (SSSR count). The van der Waals surface area contributed by atoms with Crippen LogP contribution in [0, 0.1) is 0 Å². The van der Waals surface area contributed by atoms with E-state index in [1.54, 1.807) is 4.90 Å². The van der Waals surface area contributed by atoms with E-state index in [9.17, 15) is 9.59 Å². The summed E-state index contributed by atoms with van der Waals surface area (Å²) in [6, 6.07) is 17.5.